The number of benzene rings is 1. The zero-order valence-corrected chi connectivity index (χ0v) is 16.7. The van der Waals surface area contributed by atoms with Crippen molar-refractivity contribution in [1.29, 1.82) is 0 Å². The first-order valence-electron chi connectivity index (χ1n) is 9.48. The number of aliphatic hydroxyl groups excluding tert-OH is 1. The maximum Gasteiger partial charge on any atom is 0.339 e. The highest BCUT2D eigenvalue weighted by Crippen LogP contribution is 2.37. The highest BCUT2D eigenvalue weighted by molar-refractivity contribution is 5.88. The molecule has 0 fully saturated rings. The van der Waals surface area contributed by atoms with Crippen LogP contribution in [0.4, 0.5) is 0 Å². The van der Waals surface area contributed by atoms with E-state index in [0.717, 1.165) is 10.9 Å². The van der Waals surface area contributed by atoms with Crippen molar-refractivity contribution in [2.24, 2.45) is 0 Å². The van der Waals surface area contributed by atoms with Gasteiger partial charge in [0.1, 0.15) is 23.0 Å². The number of carbonyl (C=O) groups excluding carboxylic acids is 1. The van der Waals surface area contributed by atoms with Crippen LogP contribution in [0.25, 0.3) is 11.0 Å². The highest BCUT2D eigenvalue weighted by atomic mass is 16.6. The average Bonchev–Trinajstić information content (AvgIpc) is 3.07. The van der Waals surface area contributed by atoms with Gasteiger partial charge in [-0.15, -0.1) is 0 Å². The fourth-order valence-corrected chi connectivity index (χ4v) is 3.24. The van der Waals surface area contributed by atoms with E-state index in [9.17, 15) is 9.59 Å². The smallest absolute Gasteiger partial charge is 0.339 e. The van der Waals surface area contributed by atoms with Crippen molar-refractivity contribution in [3.8, 4) is 5.75 Å². The van der Waals surface area contributed by atoms with Crippen molar-refractivity contribution < 1.29 is 23.8 Å². The van der Waals surface area contributed by atoms with Gasteiger partial charge in [0.05, 0.1) is 0 Å². The summed E-state index contributed by atoms with van der Waals surface area (Å²) in [5.41, 5.74) is 1.31. The molecule has 0 unspecified atom stereocenters. The summed E-state index contributed by atoms with van der Waals surface area (Å²) >= 11 is 0. The molecular weight excluding hydrogens is 360 g/mol. The second-order valence-electron chi connectivity index (χ2n) is 7.66. The molecule has 150 valence electrons. The summed E-state index contributed by atoms with van der Waals surface area (Å²) in [6.45, 7) is 7.19. The molecule has 0 bridgehead atoms. The molecule has 1 atom stereocenters. The van der Waals surface area contributed by atoms with Crippen LogP contribution < -0.4 is 10.4 Å². The number of ether oxygens (including phenoxy) is 2. The lowest BCUT2D eigenvalue weighted by Crippen LogP contribution is -2.43. The number of hydrogen-bond donors (Lipinski definition) is 1. The Hall–Kier alpha value is -2.60. The van der Waals surface area contributed by atoms with E-state index >= 15 is 0 Å². The van der Waals surface area contributed by atoms with Crippen molar-refractivity contribution in [1.82, 2.24) is 0 Å². The van der Waals surface area contributed by atoms with Gasteiger partial charge >= 0.3 is 11.6 Å². The topological polar surface area (TPSA) is 86.0 Å². The molecule has 1 aromatic heterocycles. The molecule has 1 aromatic carbocycles. The maximum atomic E-state index is 12.2. The fraction of sp³-hybridized carbons (Fsp3) is 0.455. The molecule has 3 rings (SSSR count). The van der Waals surface area contributed by atoms with Gasteiger partial charge in [-0.1, -0.05) is 6.08 Å². The third kappa shape index (κ3) is 3.97. The van der Waals surface area contributed by atoms with Crippen LogP contribution in [0.2, 0.25) is 0 Å². The van der Waals surface area contributed by atoms with E-state index in [4.69, 9.17) is 19.0 Å². The second-order valence-corrected chi connectivity index (χ2v) is 7.66. The molecule has 2 aromatic rings. The summed E-state index contributed by atoms with van der Waals surface area (Å²) in [5, 5.41) is 9.80. The van der Waals surface area contributed by atoms with E-state index in [2.05, 4.69) is 0 Å². The van der Waals surface area contributed by atoms with Gasteiger partial charge < -0.3 is 19.0 Å². The lowest BCUT2D eigenvalue weighted by molar-refractivity contribution is -0.159. The lowest BCUT2D eigenvalue weighted by Gasteiger charge is -2.30. The first-order valence-corrected chi connectivity index (χ1v) is 9.48. The number of fused-ring (bicyclic) bond motifs is 2. The Morgan fingerprint density at radius 3 is 2.79 bits per heavy atom. The van der Waals surface area contributed by atoms with Crippen LogP contribution in [-0.2, 0) is 22.4 Å². The van der Waals surface area contributed by atoms with E-state index in [1.165, 1.54) is 0 Å². The quantitative estimate of drug-likeness (QED) is 0.466. The van der Waals surface area contributed by atoms with Crippen molar-refractivity contribution in [2.75, 3.05) is 6.61 Å². The summed E-state index contributed by atoms with van der Waals surface area (Å²) in [5.74, 6) is 0.271. The SMILES string of the molecule is CC=C(C)C(=O)OC(C)(C)[C@H]1Cc2cc3cc(CCCO)c(=O)oc3cc2O1. The molecule has 1 N–H and O–H groups in total. The van der Waals surface area contributed by atoms with Crippen LogP contribution in [0.15, 0.2) is 39.1 Å². The molecule has 0 amide bonds. The third-order valence-electron chi connectivity index (χ3n) is 5.15. The highest BCUT2D eigenvalue weighted by Gasteiger charge is 2.40. The fourth-order valence-electron chi connectivity index (χ4n) is 3.24. The molecule has 1 aliphatic rings. The van der Waals surface area contributed by atoms with Crippen LogP contribution >= 0.6 is 0 Å². The number of aryl methyl sites for hydroxylation is 1. The first kappa shape index (κ1) is 20.1. The molecule has 0 saturated carbocycles. The van der Waals surface area contributed by atoms with Crippen LogP contribution in [0.1, 0.15) is 45.2 Å². The summed E-state index contributed by atoms with van der Waals surface area (Å²) < 4.78 is 17.1. The molecule has 6 nitrogen and oxygen atoms in total. The zero-order valence-electron chi connectivity index (χ0n) is 16.7. The number of esters is 1. The van der Waals surface area contributed by atoms with Crippen molar-refractivity contribution in [2.45, 2.75) is 58.7 Å². The minimum Gasteiger partial charge on any atom is -0.485 e. The van der Waals surface area contributed by atoms with Crippen LogP contribution in [0, 0.1) is 0 Å². The number of aliphatic hydroxyl groups is 1. The zero-order chi connectivity index (χ0) is 20.5. The van der Waals surface area contributed by atoms with Gasteiger partial charge in [0.15, 0.2) is 0 Å². The van der Waals surface area contributed by atoms with E-state index in [1.807, 2.05) is 26.0 Å². The summed E-state index contributed by atoms with van der Waals surface area (Å²) in [6.07, 6.45) is 2.95. The van der Waals surface area contributed by atoms with Crippen molar-refractivity contribution >= 4 is 16.9 Å². The van der Waals surface area contributed by atoms with Gasteiger partial charge in [0.25, 0.3) is 0 Å². The Labute approximate surface area is 163 Å². The Balaban J connectivity index is 1.86. The normalized spacial score (nSPS) is 16.8. The molecular formula is C22H26O6. The predicted molar refractivity (Wildman–Crippen MR) is 106 cm³/mol. The Bertz CT molecular complexity index is 982. The Morgan fingerprint density at radius 2 is 2.11 bits per heavy atom. The number of hydrogen-bond acceptors (Lipinski definition) is 6. The van der Waals surface area contributed by atoms with E-state index in [-0.39, 0.29) is 18.7 Å². The standard InChI is InChI=1S/C22H26O6/c1-5-13(2)20(24)28-22(3,4)19-11-16-10-15-9-14(7-6-8-23)21(25)27-18(15)12-17(16)26-19/h5,9-10,12,19,23H,6-8,11H2,1-4H3/t19-/m1/s1. The minimum absolute atomic E-state index is 0.0255. The average molecular weight is 386 g/mol. The van der Waals surface area contributed by atoms with Crippen LogP contribution in [0.5, 0.6) is 5.75 Å². The van der Waals surface area contributed by atoms with Crippen molar-refractivity contribution in [3.63, 3.8) is 0 Å². The second kappa shape index (κ2) is 7.80. The van der Waals surface area contributed by atoms with Gasteiger partial charge in [-0.05, 0) is 58.2 Å². The summed E-state index contributed by atoms with van der Waals surface area (Å²) in [4.78, 5) is 24.3. The molecule has 28 heavy (non-hydrogen) atoms. The lowest BCUT2D eigenvalue weighted by atomic mass is 9.96. The summed E-state index contributed by atoms with van der Waals surface area (Å²) in [7, 11) is 0. The van der Waals surface area contributed by atoms with Crippen molar-refractivity contribution in [3.05, 3.63) is 51.4 Å². The maximum absolute atomic E-state index is 12.2. The van der Waals surface area contributed by atoms with E-state index < -0.39 is 11.2 Å². The Kier molecular flexibility index (Phi) is 5.61. The first-order chi connectivity index (χ1) is 13.2. The predicted octanol–water partition coefficient (Wildman–Crippen LogP) is 3.31. The van der Waals surface area contributed by atoms with Gasteiger partial charge in [-0.2, -0.15) is 0 Å². The Morgan fingerprint density at radius 1 is 1.36 bits per heavy atom. The summed E-state index contributed by atoms with van der Waals surface area (Å²) in [6, 6.07) is 5.48. The van der Waals surface area contributed by atoms with Crippen LogP contribution in [0.3, 0.4) is 0 Å². The molecule has 0 spiro atoms. The van der Waals surface area contributed by atoms with Gasteiger partial charge in [-0.25, -0.2) is 9.59 Å². The van der Waals surface area contributed by atoms with Gasteiger partial charge in [-0.3, -0.25) is 0 Å². The molecule has 1 aliphatic heterocycles. The molecule has 2 heterocycles. The number of carbonyl (C=O) groups is 1. The van der Waals surface area contributed by atoms with Gasteiger partial charge in [0.2, 0.25) is 0 Å². The molecule has 0 aliphatic carbocycles. The van der Waals surface area contributed by atoms with Gasteiger partial charge in [0, 0.05) is 35.6 Å². The molecule has 0 radical (unpaired) electrons. The number of allylic oxidation sites excluding steroid dienone is 1. The minimum atomic E-state index is -0.820. The van der Waals surface area contributed by atoms with E-state index in [1.54, 1.807) is 26.0 Å². The largest absolute Gasteiger partial charge is 0.485 e. The van der Waals surface area contributed by atoms with E-state index in [0.29, 0.717) is 41.7 Å². The number of rotatable bonds is 6. The monoisotopic (exact) mass is 386 g/mol. The molecule has 0 saturated heterocycles. The van der Waals surface area contributed by atoms with Crippen LogP contribution in [-0.4, -0.2) is 29.4 Å². The third-order valence-corrected chi connectivity index (χ3v) is 5.15. The molecule has 6 heteroatoms.